The molecular weight excluding hydrogens is 202 g/mol. The van der Waals surface area contributed by atoms with Crippen molar-refractivity contribution in [3.63, 3.8) is 0 Å². The summed E-state index contributed by atoms with van der Waals surface area (Å²) < 4.78 is 31.9. The molecule has 14 heavy (non-hydrogen) atoms. The molecule has 0 aliphatic rings. The van der Waals surface area contributed by atoms with Crippen LogP contribution in [-0.2, 0) is 10.1 Å². The summed E-state index contributed by atoms with van der Waals surface area (Å²) in [6.07, 6.45) is 3.42. The number of hydrogen-bond donors (Lipinski definition) is 0. The second kappa shape index (κ2) is 5.29. The van der Waals surface area contributed by atoms with Crippen LogP contribution < -0.4 is 0 Å². The average Bonchev–Trinajstić information content (AvgIpc) is 2.01. The summed E-state index contributed by atoms with van der Waals surface area (Å²) in [4.78, 5) is 0. The summed E-state index contributed by atoms with van der Waals surface area (Å²) >= 11 is 0. The molecule has 0 N–H and O–H groups in total. The quantitative estimate of drug-likeness (QED) is 0.353. The van der Waals surface area contributed by atoms with Gasteiger partial charge in [-0.25, -0.2) is 8.42 Å². The van der Waals surface area contributed by atoms with Crippen LogP contribution in [0.2, 0.25) is 0 Å². The van der Waals surface area contributed by atoms with Crippen LogP contribution in [-0.4, -0.2) is 49.9 Å². The topological polar surface area (TPSA) is 57.2 Å². The fourth-order valence-electron chi connectivity index (χ4n) is 1.21. The summed E-state index contributed by atoms with van der Waals surface area (Å²) in [6.45, 7) is 8.74. The van der Waals surface area contributed by atoms with Crippen molar-refractivity contribution in [3.8, 4) is 0 Å². The minimum atomic E-state index is -4.13. The van der Waals surface area contributed by atoms with Crippen LogP contribution in [0.5, 0.6) is 0 Å². The Bertz CT molecular complexity index is 285. The predicted molar refractivity (Wildman–Crippen MR) is 55.7 cm³/mol. The Labute approximate surface area is 85.9 Å². The molecule has 0 amide bonds. The van der Waals surface area contributed by atoms with Crippen LogP contribution in [0.15, 0.2) is 25.3 Å². The first-order chi connectivity index (χ1) is 6.33. The van der Waals surface area contributed by atoms with Crippen molar-refractivity contribution in [3.05, 3.63) is 25.3 Å². The molecule has 5 heteroatoms. The highest BCUT2D eigenvalue weighted by Gasteiger charge is 2.18. The van der Waals surface area contributed by atoms with E-state index in [4.69, 9.17) is 0 Å². The first kappa shape index (κ1) is 13.4. The molecule has 0 heterocycles. The molecule has 0 aromatic heterocycles. The maximum Gasteiger partial charge on any atom is 0.100 e. The zero-order valence-electron chi connectivity index (χ0n) is 8.48. The number of rotatable bonds is 7. The third kappa shape index (κ3) is 5.90. The van der Waals surface area contributed by atoms with Gasteiger partial charge in [-0.3, -0.25) is 0 Å². The SMILES string of the molecule is C=CC[N+](C)(CC=C)CCS(=O)(=O)[O-]. The van der Waals surface area contributed by atoms with Gasteiger partial charge < -0.3 is 9.04 Å². The van der Waals surface area contributed by atoms with Gasteiger partial charge in [0, 0.05) is 0 Å². The van der Waals surface area contributed by atoms with Gasteiger partial charge in [0.05, 0.1) is 32.4 Å². The second-order valence-electron chi connectivity index (χ2n) is 3.55. The molecule has 4 nitrogen and oxygen atoms in total. The molecule has 82 valence electrons. The van der Waals surface area contributed by atoms with E-state index in [1.807, 2.05) is 7.05 Å². The van der Waals surface area contributed by atoms with E-state index in [1.54, 1.807) is 12.2 Å². The zero-order valence-corrected chi connectivity index (χ0v) is 9.29. The van der Waals surface area contributed by atoms with Crippen molar-refractivity contribution >= 4 is 10.1 Å². The van der Waals surface area contributed by atoms with Gasteiger partial charge in [-0.1, -0.05) is 13.2 Å². The Hall–Kier alpha value is -0.650. The lowest BCUT2D eigenvalue weighted by molar-refractivity contribution is -0.895. The van der Waals surface area contributed by atoms with Gasteiger partial charge in [0.2, 0.25) is 0 Å². The Morgan fingerprint density at radius 2 is 1.71 bits per heavy atom. The van der Waals surface area contributed by atoms with Gasteiger partial charge in [-0.15, -0.1) is 0 Å². The number of quaternary nitrogens is 1. The van der Waals surface area contributed by atoms with E-state index >= 15 is 0 Å². The third-order valence-corrected chi connectivity index (χ3v) is 2.70. The van der Waals surface area contributed by atoms with E-state index in [9.17, 15) is 13.0 Å². The molecule has 0 atom stereocenters. The summed E-state index contributed by atoms with van der Waals surface area (Å²) in [5.74, 6) is -0.342. The molecule has 0 aliphatic carbocycles. The highest BCUT2D eigenvalue weighted by molar-refractivity contribution is 7.85. The fourth-order valence-corrected chi connectivity index (χ4v) is 1.88. The number of nitrogens with zero attached hydrogens (tertiary/aromatic N) is 1. The molecule has 0 radical (unpaired) electrons. The zero-order chi connectivity index (χ0) is 11.2. The average molecular weight is 219 g/mol. The molecule has 0 bridgehead atoms. The van der Waals surface area contributed by atoms with Gasteiger partial charge in [0.1, 0.15) is 10.1 Å². The third-order valence-electron chi connectivity index (χ3n) is 2.02. The lowest BCUT2D eigenvalue weighted by Crippen LogP contribution is -2.47. The smallest absolute Gasteiger partial charge is 0.100 e. The molecule has 0 spiro atoms. The molecule has 0 unspecified atom stereocenters. The molecule has 0 aromatic carbocycles. The monoisotopic (exact) mass is 219 g/mol. The van der Waals surface area contributed by atoms with E-state index in [2.05, 4.69) is 13.2 Å². The van der Waals surface area contributed by atoms with Crippen LogP contribution in [0.4, 0.5) is 0 Å². The van der Waals surface area contributed by atoms with Crippen molar-refractivity contribution in [2.75, 3.05) is 32.4 Å². The molecule has 0 rings (SSSR count). The Balaban J connectivity index is 4.36. The minimum Gasteiger partial charge on any atom is -0.748 e. The van der Waals surface area contributed by atoms with Crippen LogP contribution in [0.1, 0.15) is 0 Å². The molecule has 0 saturated heterocycles. The van der Waals surface area contributed by atoms with Crippen molar-refractivity contribution < 1.29 is 17.5 Å². The highest BCUT2D eigenvalue weighted by Crippen LogP contribution is 2.03. The molecule has 0 aromatic rings. The summed E-state index contributed by atoms with van der Waals surface area (Å²) in [5.41, 5.74) is 0. The first-order valence-corrected chi connectivity index (χ1v) is 5.89. The Morgan fingerprint density at radius 1 is 1.29 bits per heavy atom. The minimum absolute atomic E-state index is 0.296. The Kier molecular flexibility index (Phi) is 5.04. The Morgan fingerprint density at radius 3 is 2.00 bits per heavy atom. The fraction of sp³-hybridized carbons (Fsp3) is 0.556. The van der Waals surface area contributed by atoms with Crippen LogP contribution >= 0.6 is 0 Å². The molecule has 0 fully saturated rings. The normalized spacial score (nSPS) is 12.4. The van der Waals surface area contributed by atoms with Crippen LogP contribution in [0, 0.1) is 0 Å². The maximum atomic E-state index is 10.5. The van der Waals surface area contributed by atoms with Crippen molar-refractivity contribution in [1.82, 2.24) is 0 Å². The lowest BCUT2D eigenvalue weighted by Gasteiger charge is -2.32. The van der Waals surface area contributed by atoms with Crippen molar-refractivity contribution in [2.24, 2.45) is 0 Å². The maximum absolute atomic E-state index is 10.5. The lowest BCUT2D eigenvalue weighted by atomic mass is 10.3. The van der Waals surface area contributed by atoms with E-state index in [0.29, 0.717) is 24.1 Å². The van der Waals surface area contributed by atoms with Gasteiger partial charge in [0.15, 0.2) is 0 Å². The first-order valence-electron chi connectivity index (χ1n) is 4.32. The number of likely N-dealkylation sites (N-methyl/N-ethyl adjacent to an activating group) is 1. The molecule has 0 saturated carbocycles. The summed E-state index contributed by atoms with van der Waals surface area (Å²) in [6, 6.07) is 0. The largest absolute Gasteiger partial charge is 0.748 e. The van der Waals surface area contributed by atoms with E-state index < -0.39 is 10.1 Å². The van der Waals surface area contributed by atoms with Crippen LogP contribution in [0.3, 0.4) is 0 Å². The van der Waals surface area contributed by atoms with Gasteiger partial charge in [0.25, 0.3) is 0 Å². The van der Waals surface area contributed by atoms with E-state index in [0.717, 1.165) is 0 Å². The molecular formula is C9H17NO3S. The van der Waals surface area contributed by atoms with Gasteiger partial charge >= 0.3 is 0 Å². The highest BCUT2D eigenvalue weighted by atomic mass is 32.2. The standard InChI is InChI=1S/C9H17NO3S/c1-4-6-10(3,7-5-2)8-9-14(11,12)13/h4-5H,1-2,6-9H2,3H3. The van der Waals surface area contributed by atoms with Gasteiger partial charge in [-0.05, 0) is 12.2 Å². The predicted octanol–water partition coefficient (Wildman–Crippen LogP) is 0.350. The van der Waals surface area contributed by atoms with Crippen LogP contribution in [0.25, 0.3) is 0 Å². The van der Waals surface area contributed by atoms with E-state index in [-0.39, 0.29) is 5.75 Å². The van der Waals surface area contributed by atoms with Gasteiger partial charge in [-0.2, -0.15) is 0 Å². The van der Waals surface area contributed by atoms with Crippen molar-refractivity contribution in [2.45, 2.75) is 0 Å². The second-order valence-corrected chi connectivity index (χ2v) is 5.07. The van der Waals surface area contributed by atoms with Crippen molar-refractivity contribution in [1.29, 1.82) is 0 Å². The van der Waals surface area contributed by atoms with E-state index in [1.165, 1.54) is 0 Å². The molecule has 0 aliphatic heterocycles. The summed E-state index contributed by atoms with van der Waals surface area (Å²) in [5, 5.41) is 0. The summed E-state index contributed by atoms with van der Waals surface area (Å²) in [7, 11) is -2.26. The number of hydrogen-bond acceptors (Lipinski definition) is 3.